The van der Waals surface area contributed by atoms with Crippen molar-refractivity contribution in [1.82, 2.24) is 9.78 Å². The highest BCUT2D eigenvalue weighted by Crippen LogP contribution is 2.20. The lowest BCUT2D eigenvalue weighted by Gasteiger charge is -2.06. The summed E-state index contributed by atoms with van der Waals surface area (Å²) >= 11 is 5.99. The number of nitrogens with two attached hydrogens (primary N) is 1. The Morgan fingerprint density at radius 1 is 1.41 bits per heavy atom. The molecule has 7 heteroatoms. The molecule has 0 aliphatic carbocycles. The number of nitrogens with zero attached hydrogens (tertiary/aromatic N) is 2. The molecule has 1 heterocycles. The molecule has 0 atom stereocenters. The van der Waals surface area contributed by atoms with Crippen LogP contribution in [0.2, 0.25) is 5.02 Å². The summed E-state index contributed by atoms with van der Waals surface area (Å²) < 4.78 is 24.1. The molecule has 0 spiro atoms. The van der Waals surface area contributed by atoms with E-state index in [1.165, 1.54) is 18.2 Å². The van der Waals surface area contributed by atoms with Gasteiger partial charge in [0.2, 0.25) is 10.0 Å². The van der Waals surface area contributed by atoms with E-state index in [4.69, 9.17) is 16.7 Å². The molecule has 0 saturated heterocycles. The minimum Gasteiger partial charge on any atom is -0.268 e. The highest BCUT2D eigenvalue weighted by molar-refractivity contribution is 7.89. The van der Waals surface area contributed by atoms with Crippen molar-refractivity contribution in [2.75, 3.05) is 0 Å². The minimum absolute atomic E-state index is 0.0454. The Morgan fingerprint density at radius 3 is 2.76 bits per heavy atom. The summed E-state index contributed by atoms with van der Waals surface area (Å²) in [6, 6.07) is 6.13. The van der Waals surface area contributed by atoms with E-state index < -0.39 is 10.0 Å². The van der Waals surface area contributed by atoms with Gasteiger partial charge >= 0.3 is 0 Å². The summed E-state index contributed by atoms with van der Waals surface area (Å²) in [6.45, 7) is 0.398. The van der Waals surface area contributed by atoms with Crippen LogP contribution < -0.4 is 5.14 Å². The standard InChI is InChI=1S/C10H10ClN3O2S/c11-10-3-2-9(17(12,15)16)6-8(10)7-14-5-1-4-13-14/h1-6H,7H2,(H2,12,15,16). The zero-order valence-electron chi connectivity index (χ0n) is 8.75. The maximum absolute atomic E-state index is 11.2. The fourth-order valence-electron chi connectivity index (χ4n) is 1.42. The fourth-order valence-corrected chi connectivity index (χ4v) is 2.16. The number of primary sulfonamides is 1. The zero-order valence-corrected chi connectivity index (χ0v) is 10.3. The van der Waals surface area contributed by atoms with Gasteiger partial charge in [-0.3, -0.25) is 4.68 Å². The molecule has 0 saturated carbocycles. The maximum Gasteiger partial charge on any atom is 0.238 e. The van der Waals surface area contributed by atoms with E-state index in [9.17, 15) is 8.42 Å². The topological polar surface area (TPSA) is 78.0 Å². The van der Waals surface area contributed by atoms with E-state index in [0.717, 1.165) is 0 Å². The first-order valence-electron chi connectivity index (χ1n) is 4.75. The number of aromatic nitrogens is 2. The lowest BCUT2D eigenvalue weighted by Crippen LogP contribution is -2.13. The van der Waals surface area contributed by atoms with Crippen LogP contribution in [0.15, 0.2) is 41.6 Å². The van der Waals surface area contributed by atoms with Crippen molar-refractivity contribution in [2.24, 2.45) is 5.14 Å². The molecule has 1 aromatic heterocycles. The monoisotopic (exact) mass is 271 g/mol. The first-order chi connectivity index (χ1) is 7.97. The largest absolute Gasteiger partial charge is 0.268 e. The molecule has 2 rings (SSSR count). The Balaban J connectivity index is 2.40. The highest BCUT2D eigenvalue weighted by Gasteiger charge is 2.11. The molecule has 0 fully saturated rings. The molecule has 1 aromatic carbocycles. The van der Waals surface area contributed by atoms with Crippen LogP contribution in [0.4, 0.5) is 0 Å². The summed E-state index contributed by atoms with van der Waals surface area (Å²) in [6.07, 6.45) is 3.40. The van der Waals surface area contributed by atoms with Crippen molar-refractivity contribution in [3.05, 3.63) is 47.2 Å². The molecule has 0 amide bonds. The fraction of sp³-hybridized carbons (Fsp3) is 0.100. The van der Waals surface area contributed by atoms with Gasteiger partial charge in [-0.05, 0) is 29.8 Å². The molecule has 90 valence electrons. The second-order valence-electron chi connectivity index (χ2n) is 3.50. The van der Waals surface area contributed by atoms with Gasteiger partial charge in [0.25, 0.3) is 0 Å². The van der Waals surface area contributed by atoms with Gasteiger partial charge in [-0.25, -0.2) is 13.6 Å². The van der Waals surface area contributed by atoms with Crippen LogP contribution in [0, 0.1) is 0 Å². The van der Waals surface area contributed by atoms with Crippen molar-refractivity contribution >= 4 is 21.6 Å². The average molecular weight is 272 g/mol. The Morgan fingerprint density at radius 2 is 2.18 bits per heavy atom. The Bertz CT molecular complexity index is 623. The smallest absolute Gasteiger partial charge is 0.238 e. The van der Waals surface area contributed by atoms with E-state index in [1.807, 2.05) is 0 Å². The van der Waals surface area contributed by atoms with E-state index in [2.05, 4.69) is 5.10 Å². The molecule has 0 aliphatic heterocycles. The van der Waals surface area contributed by atoms with Crippen LogP contribution >= 0.6 is 11.6 Å². The first-order valence-corrected chi connectivity index (χ1v) is 6.68. The lowest BCUT2D eigenvalue weighted by molar-refractivity contribution is 0.597. The number of halogens is 1. The third-order valence-corrected chi connectivity index (χ3v) is 3.52. The lowest BCUT2D eigenvalue weighted by atomic mass is 10.2. The van der Waals surface area contributed by atoms with Crippen molar-refractivity contribution in [3.63, 3.8) is 0 Å². The van der Waals surface area contributed by atoms with Gasteiger partial charge in [0.05, 0.1) is 11.4 Å². The molecular weight excluding hydrogens is 262 g/mol. The summed E-state index contributed by atoms with van der Waals surface area (Å²) in [7, 11) is -3.71. The molecule has 0 bridgehead atoms. The summed E-state index contributed by atoms with van der Waals surface area (Å²) in [5, 5.41) is 9.56. The zero-order chi connectivity index (χ0) is 12.5. The van der Waals surface area contributed by atoms with E-state index in [1.54, 1.807) is 23.1 Å². The van der Waals surface area contributed by atoms with Gasteiger partial charge in [0, 0.05) is 17.4 Å². The van der Waals surface area contributed by atoms with Crippen LogP contribution in [-0.4, -0.2) is 18.2 Å². The van der Waals surface area contributed by atoms with Crippen LogP contribution in [0.1, 0.15) is 5.56 Å². The van der Waals surface area contributed by atoms with Crippen LogP contribution in [-0.2, 0) is 16.6 Å². The van der Waals surface area contributed by atoms with Crippen LogP contribution in [0.3, 0.4) is 0 Å². The second-order valence-corrected chi connectivity index (χ2v) is 5.47. The number of rotatable bonds is 3. The molecule has 2 N–H and O–H groups in total. The summed E-state index contributed by atoms with van der Waals surface area (Å²) in [4.78, 5) is 0.0454. The molecule has 5 nitrogen and oxygen atoms in total. The van der Waals surface area contributed by atoms with Crippen molar-refractivity contribution in [1.29, 1.82) is 0 Å². The average Bonchev–Trinajstić information content (AvgIpc) is 2.72. The predicted molar refractivity (Wildman–Crippen MR) is 64.2 cm³/mol. The minimum atomic E-state index is -3.71. The van der Waals surface area contributed by atoms with Gasteiger partial charge in [0.1, 0.15) is 0 Å². The summed E-state index contributed by atoms with van der Waals surface area (Å²) in [5.41, 5.74) is 0.655. The third-order valence-electron chi connectivity index (χ3n) is 2.24. The molecule has 0 unspecified atom stereocenters. The number of hydrogen-bond acceptors (Lipinski definition) is 3. The number of sulfonamides is 1. The highest BCUT2D eigenvalue weighted by atomic mass is 35.5. The van der Waals surface area contributed by atoms with E-state index in [-0.39, 0.29) is 4.90 Å². The molecule has 0 radical (unpaired) electrons. The number of benzene rings is 1. The van der Waals surface area contributed by atoms with Crippen molar-refractivity contribution in [2.45, 2.75) is 11.4 Å². The SMILES string of the molecule is NS(=O)(=O)c1ccc(Cl)c(Cn2cccn2)c1. The number of hydrogen-bond donors (Lipinski definition) is 1. The first kappa shape index (κ1) is 12.1. The van der Waals surface area contributed by atoms with Gasteiger partial charge < -0.3 is 0 Å². The van der Waals surface area contributed by atoms with Crippen molar-refractivity contribution in [3.8, 4) is 0 Å². The predicted octanol–water partition coefficient (Wildman–Crippen LogP) is 1.23. The van der Waals surface area contributed by atoms with Gasteiger partial charge in [0.15, 0.2) is 0 Å². The summed E-state index contributed by atoms with van der Waals surface area (Å²) in [5.74, 6) is 0. The van der Waals surface area contributed by atoms with E-state index in [0.29, 0.717) is 17.1 Å². The molecular formula is C10H10ClN3O2S. The normalized spacial score (nSPS) is 11.6. The maximum atomic E-state index is 11.2. The van der Waals surface area contributed by atoms with Crippen LogP contribution in [0.5, 0.6) is 0 Å². The Labute approximate surface area is 104 Å². The molecule has 17 heavy (non-hydrogen) atoms. The second kappa shape index (κ2) is 4.48. The third kappa shape index (κ3) is 2.85. The van der Waals surface area contributed by atoms with Gasteiger partial charge in [-0.15, -0.1) is 0 Å². The van der Waals surface area contributed by atoms with Gasteiger partial charge in [-0.1, -0.05) is 11.6 Å². The Hall–Kier alpha value is -1.37. The van der Waals surface area contributed by atoms with Crippen molar-refractivity contribution < 1.29 is 8.42 Å². The van der Waals surface area contributed by atoms with Gasteiger partial charge in [-0.2, -0.15) is 5.10 Å². The molecule has 2 aromatic rings. The molecule has 0 aliphatic rings. The van der Waals surface area contributed by atoms with Crippen LogP contribution in [0.25, 0.3) is 0 Å². The Kier molecular flexibility index (Phi) is 3.19. The van der Waals surface area contributed by atoms with E-state index >= 15 is 0 Å². The quantitative estimate of drug-likeness (QED) is 0.912.